The van der Waals surface area contributed by atoms with E-state index in [9.17, 15) is 9.50 Å². The number of ether oxygens (including phenoxy) is 1. The fraction of sp³-hybridized carbons (Fsp3) is 0.250. The first-order chi connectivity index (χ1) is 9.63. The Bertz CT molecular complexity index is 569. The summed E-state index contributed by atoms with van der Waals surface area (Å²) in [5, 5.41) is 10.2. The van der Waals surface area contributed by atoms with Crippen LogP contribution < -0.4 is 4.74 Å². The van der Waals surface area contributed by atoms with Gasteiger partial charge in [0.15, 0.2) is 11.6 Å². The van der Waals surface area contributed by atoms with Gasteiger partial charge in [-0.2, -0.15) is 0 Å². The smallest absolute Gasteiger partial charge is 0.165 e. The fourth-order valence-corrected chi connectivity index (χ4v) is 2.41. The third-order valence-electron chi connectivity index (χ3n) is 3.15. The molecule has 0 aliphatic rings. The SMILES string of the molecule is COc1ccc(CC(O)c2ccc(SC)cc2)cc1F. The third-order valence-corrected chi connectivity index (χ3v) is 3.89. The average Bonchev–Trinajstić information content (AvgIpc) is 2.47. The van der Waals surface area contributed by atoms with Gasteiger partial charge in [0.2, 0.25) is 0 Å². The Morgan fingerprint density at radius 1 is 1.20 bits per heavy atom. The van der Waals surface area contributed by atoms with Crippen LogP contribution in [0.25, 0.3) is 0 Å². The molecule has 2 nitrogen and oxygen atoms in total. The first kappa shape index (κ1) is 14.9. The number of aliphatic hydroxyl groups is 1. The van der Waals surface area contributed by atoms with Crippen molar-refractivity contribution in [3.8, 4) is 5.75 Å². The Labute approximate surface area is 122 Å². The van der Waals surface area contributed by atoms with Crippen LogP contribution in [0.3, 0.4) is 0 Å². The monoisotopic (exact) mass is 292 g/mol. The highest BCUT2D eigenvalue weighted by atomic mass is 32.2. The van der Waals surface area contributed by atoms with E-state index in [-0.39, 0.29) is 5.75 Å². The standard InChI is InChI=1S/C16H17FO2S/c1-19-16-8-3-11(9-14(16)17)10-15(18)12-4-6-13(20-2)7-5-12/h3-9,15,18H,10H2,1-2H3. The number of methoxy groups -OCH3 is 1. The van der Waals surface area contributed by atoms with E-state index in [1.807, 2.05) is 30.5 Å². The molecule has 4 heteroatoms. The maximum Gasteiger partial charge on any atom is 0.165 e. The van der Waals surface area contributed by atoms with Gasteiger partial charge in [0.05, 0.1) is 13.2 Å². The number of halogens is 1. The van der Waals surface area contributed by atoms with Crippen LogP contribution in [0.5, 0.6) is 5.75 Å². The molecule has 0 aromatic heterocycles. The topological polar surface area (TPSA) is 29.5 Å². The van der Waals surface area contributed by atoms with Crippen LogP contribution in [-0.2, 0) is 6.42 Å². The quantitative estimate of drug-likeness (QED) is 0.849. The summed E-state index contributed by atoms with van der Waals surface area (Å²) >= 11 is 1.65. The molecule has 2 aromatic carbocycles. The molecule has 0 bridgehead atoms. The molecule has 0 amide bonds. The van der Waals surface area contributed by atoms with Gasteiger partial charge in [-0.3, -0.25) is 0 Å². The Kier molecular flexibility index (Phi) is 5.04. The van der Waals surface area contributed by atoms with Crippen molar-refractivity contribution in [3.63, 3.8) is 0 Å². The largest absolute Gasteiger partial charge is 0.494 e. The van der Waals surface area contributed by atoms with Crippen molar-refractivity contribution in [2.45, 2.75) is 17.4 Å². The zero-order valence-electron chi connectivity index (χ0n) is 11.5. The molecule has 0 aliphatic carbocycles. The molecular weight excluding hydrogens is 275 g/mol. The summed E-state index contributed by atoms with van der Waals surface area (Å²) in [6.07, 6.45) is 1.74. The molecule has 0 heterocycles. The van der Waals surface area contributed by atoms with E-state index in [1.165, 1.54) is 13.2 Å². The summed E-state index contributed by atoms with van der Waals surface area (Å²) in [4.78, 5) is 1.15. The van der Waals surface area contributed by atoms with Crippen LogP contribution in [0.15, 0.2) is 47.4 Å². The predicted octanol–water partition coefficient (Wildman–Crippen LogP) is 3.83. The van der Waals surface area contributed by atoms with Crippen LogP contribution in [0.2, 0.25) is 0 Å². The zero-order valence-corrected chi connectivity index (χ0v) is 12.3. The number of hydrogen-bond donors (Lipinski definition) is 1. The van der Waals surface area contributed by atoms with Gasteiger partial charge in [0.1, 0.15) is 0 Å². The lowest BCUT2D eigenvalue weighted by Gasteiger charge is -2.12. The van der Waals surface area contributed by atoms with Crippen LogP contribution in [0.1, 0.15) is 17.2 Å². The lowest BCUT2D eigenvalue weighted by atomic mass is 10.0. The number of hydrogen-bond acceptors (Lipinski definition) is 3. The van der Waals surface area contributed by atoms with Crippen LogP contribution in [0.4, 0.5) is 4.39 Å². The van der Waals surface area contributed by atoms with Crippen LogP contribution in [-0.4, -0.2) is 18.5 Å². The molecule has 1 unspecified atom stereocenters. The molecule has 20 heavy (non-hydrogen) atoms. The van der Waals surface area contributed by atoms with E-state index in [0.717, 1.165) is 16.0 Å². The predicted molar refractivity (Wildman–Crippen MR) is 79.8 cm³/mol. The molecule has 0 radical (unpaired) electrons. The van der Waals surface area contributed by atoms with E-state index < -0.39 is 11.9 Å². The second-order valence-corrected chi connectivity index (χ2v) is 5.34. The first-order valence-electron chi connectivity index (χ1n) is 6.28. The Hall–Kier alpha value is -1.52. The molecule has 0 fully saturated rings. The summed E-state index contributed by atoms with van der Waals surface area (Å²) in [6.45, 7) is 0. The molecule has 1 N–H and O–H groups in total. The minimum atomic E-state index is -0.640. The summed E-state index contributed by atoms with van der Waals surface area (Å²) in [5.74, 6) is -0.192. The van der Waals surface area contributed by atoms with Crippen LogP contribution in [0, 0.1) is 5.82 Å². The maximum atomic E-state index is 13.6. The molecule has 0 spiro atoms. The van der Waals surface area contributed by atoms with Gasteiger partial charge in [-0.1, -0.05) is 18.2 Å². The second kappa shape index (κ2) is 6.77. The highest BCUT2D eigenvalue weighted by Gasteiger charge is 2.11. The molecular formula is C16H17FO2S. The van der Waals surface area contributed by atoms with Crippen molar-refractivity contribution in [2.24, 2.45) is 0 Å². The molecule has 2 rings (SSSR count). The van der Waals surface area contributed by atoms with Crippen molar-refractivity contribution < 1.29 is 14.2 Å². The minimum Gasteiger partial charge on any atom is -0.494 e. The summed E-state index contributed by atoms with van der Waals surface area (Å²) in [7, 11) is 1.43. The fourth-order valence-electron chi connectivity index (χ4n) is 2.00. The van der Waals surface area contributed by atoms with Crippen molar-refractivity contribution in [2.75, 3.05) is 13.4 Å². The molecule has 0 saturated heterocycles. The summed E-state index contributed by atoms with van der Waals surface area (Å²) in [6, 6.07) is 12.5. The highest BCUT2D eigenvalue weighted by Crippen LogP contribution is 2.24. The van der Waals surface area contributed by atoms with Crippen molar-refractivity contribution in [1.29, 1.82) is 0 Å². The van der Waals surface area contributed by atoms with E-state index in [2.05, 4.69) is 0 Å². The second-order valence-electron chi connectivity index (χ2n) is 4.46. The van der Waals surface area contributed by atoms with Crippen molar-refractivity contribution in [3.05, 3.63) is 59.4 Å². The van der Waals surface area contributed by atoms with Gasteiger partial charge in [-0.25, -0.2) is 4.39 Å². The first-order valence-corrected chi connectivity index (χ1v) is 7.51. The van der Waals surface area contributed by atoms with E-state index in [1.54, 1.807) is 23.9 Å². The van der Waals surface area contributed by atoms with E-state index in [4.69, 9.17) is 4.74 Å². The van der Waals surface area contributed by atoms with E-state index in [0.29, 0.717) is 6.42 Å². The Morgan fingerprint density at radius 2 is 1.90 bits per heavy atom. The average molecular weight is 292 g/mol. The molecule has 0 aliphatic heterocycles. The maximum absolute atomic E-state index is 13.6. The third kappa shape index (κ3) is 3.52. The summed E-state index contributed by atoms with van der Waals surface area (Å²) < 4.78 is 18.5. The molecule has 2 aromatic rings. The van der Waals surface area contributed by atoms with E-state index >= 15 is 0 Å². The normalized spacial score (nSPS) is 12.2. The van der Waals surface area contributed by atoms with Gasteiger partial charge in [0, 0.05) is 11.3 Å². The van der Waals surface area contributed by atoms with Crippen LogP contribution >= 0.6 is 11.8 Å². The molecule has 106 valence electrons. The summed E-state index contributed by atoms with van der Waals surface area (Å²) in [5.41, 5.74) is 1.57. The van der Waals surface area contributed by atoms with Crippen molar-refractivity contribution >= 4 is 11.8 Å². The van der Waals surface area contributed by atoms with Crippen molar-refractivity contribution in [1.82, 2.24) is 0 Å². The number of rotatable bonds is 5. The Balaban J connectivity index is 2.10. The lowest BCUT2D eigenvalue weighted by Crippen LogP contribution is -2.02. The zero-order chi connectivity index (χ0) is 14.5. The van der Waals surface area contributed by atoms with Gasteiger partial charge in [-0.15, -0.1) is 11.8 Å². The van der Waals surface area contributed by atoms with Gasteiger partial charge >= 0.3 is 0 Å². The number of benzene rings is 2. The number of aliphatic hydroxyl groups excluding tert-OH is 1. The number of thioether (sulfide) groups is 1. The Morgan fingerprint density at radius 3 is 2.45 bits per heavy atom. The highest BCUT2D eigenvalue weighted by molar-refractivity contribution is 7.98. The van der Waals surface area contributed by atoms with Gasteiger partial charge < -0.3 is 9.84 Å². The molecule has 0 saturated carbocycles. The molecule has 1 atom stereocenters. The van der Waals surface area contributed by atoms with Gasteiger partial charge in [0.25, 0.3) is 0 Å². The minimum absolute atomic E-state index is 0.215. The van der Waals surface area contributed by atoms with Gasteiger partial charge in [-0.05, 0) is 41.6 Å². The lowest BCUT2D eigenvalue weighted by molar-refractivity contribution is 0.178.